The lowest BCUT2D eigenvalue weighted by atomic mass is 10.0. The van der Waals surface area contributed by atoms with Crippen LogP contribution in [0.1, 0.15) is 44.2 Å². The van der Waals surface area contributed by atoms with Crippen molar-refractivity contribution in [1.82, 2.24) is 5.32 Å². The van der Waals surface area contributed by atoms with Crippen LogP contribution in [-0.4, -0.2) is 19.1 Å². The molecule has 2 rings (SSSR count). The minimum atomic E-state index is -4.31. The quantitative estimate of drug-likeness (QED) is 0.897. The number of hydrogen-bond acceptors (Lipinski definition) is 2. The van der Waals surface area contributed by atoms with Crippen molar-refractivity contribution >= 4 is 5.69 Å². The maximum Gasteiger partial charge on any atom is 0.416 e. The molecule has 0 spiro atoms. The zero-order valence-corrected chi connectivity index (χ0v) is 12.8. The molecule has 1 N–H and O–H groups in total. The van der Waals surface area contributed by atoms with Crippen LogP contribution in [0.3, 0.4) is 0 Å². The molecule has 21 heavy (non-hydrogen) atoms. The van der Waals surface area contributed by atoms with Crippen molar-refractivity contribution in [3.8, 4) is 0 Å². The van der Waals surface area contributed by atoms with Gasteiger partial charge in [0.1, 0.15) is 0 Å². The molecule has 0 bridgehead atoms. The molecule has 1 fully saturated rings. The van der Waals surface area contributed by atoms with Gasteiger partial charge in [-0.15, -0.1) is 0 Å². The predicted molar refractivity (Wildman–Crippen MR) is 79.5 cm³/mol. The molecule has 0 aromatic heterocycles. The highest BCUT2D eigenvalue weighted by atomic mass is 19.4. The fourth-order valence-corrected chi connectivity index (χ4v) is 3.27. The molecule has 2 atom stereocenters. The van der Waals surface area contributed by atoms with Gasteiger partial charge in [0.05, 0.1) is 5.56 Å². The number of hydrogen-bond donors (Lipinski definition) is 1. The van der Waals surface area contributed by atoms with Crippen LogP contribution < -0.4 is 10.2 Å². The normalized spacial score (nSPS) is 22.9. The van der Waals surface area contributed by atoms with E-state index in [1.54, 1.807) is 13.1 Å². The Bertz CT molecular complexity index is 485. The third-order valence-corrected chi connectivity index (χ3v) is 4.32. The molecule has 0 amide bonds. The van der Waals surface area contributed by atoms with Crippen LogP contribution in [0.25, 0.3) is 0 Å². The second-order valence-electron chi connectivity index (χ2n) is 5.77. The average Bonchev–Trinajstić information content (AvgIpc) is 2.79. The molecule has 1 saturated heterocycles. The summed E-state index contributed by atoms with van der Waals surface area (Å²) in [4.78, 5) is 2.15. The number of alkyl halides is 3. The van der Waals surface area contributed by atoms with Gasteiger partial charge >= 0.3 is 6.18 Å². The summed E-state index contributed by atoms with van der Waals surface area (Å²) in [5, 5.41) is 2.80. The minimum absolute atomic E-state index is 0.224. The Morgan fingerprint density at radius 2 is 2.00 bits per heavy atom. The number of anilines is 1. The van der Waals surface area contributed by atoms with Gasteiger partial charge in [-0.25, -0.2) is 0 Å². The molecule has 2 unspecified atom stereocenters. The Kier molecular flexibility index (Phi) is 4.81. The fourth-order valence-electron chi connectivity index (χ4n) is 3.27. The van der Waals surface area contributed by atoms with E-state index in [0.717, 1.165) is 19.3 Å². The Morgan fingerprint density at radius 3 is 2.57 bits per heavy atom. The summed E-state index contributed by atoms with van der Waals surface area (Å²) in [6.07, 6.45) is -1.26. The molecular formula is C16H23F3N2. The second-order valence-corrected chi connectivity index (χ2v) is 5.77. The highest BCUT2D eigenvalue weighted by Crippen LogP contribution is 2.38. The van der Waals surface area contributed by atoms with Crippen LogP contribution in [0.2, 0.25) is 0 Å². The van der Waals surface area contributed by atoms with E-state index in [1.807, 2.05) is 6.07 Å². The summed E-state index contributed by atoms with van der Waals surface area (Å²) in [6.45, 7) is 4.40. The zero-order chi connectivity index (χ0) is 15.6. The first kappa shape index (κ1) is 16.1. The fraction of sp³-hybridized carbons (Fsp3) is 0.625. The number of nitrogens with one attached hydrogen (secondary N) is 1. The third-order valence-electron chi connectivity index (χ3n) is 4.32. The minimum Gasteiger partial charge on any atom is -0.366 e. The molecule has 2 nitrogen and oxygen atoms in total. The molecular weight excluding hydrogens is 277 g/mol. The van der Waals surface area contributed by atoms with E-state index in [4.69, 9.17) is 0 Å². The Balaban J connectivity index is 2.41. The smallest absolute Gasteiger partial charge is 0.366 e. The number of benzene rings is 1. The van der Waals surface area contributed by atoms with E-state index in [1.165, 1.54) is 6.07 Å². The largest absolute Gasteiger partial charge is 0.416 e. The highest BCUT2D eigenvalue weighted by molar-refractivity contribution is 5.54. The summed E-state index contributed by atoms with van der Waals surface area (Å²) in [6, 6.07) is 5.39. The van der Waals surface area contributed by atoms with Gasteiger partial charge in [0, 0.05) is 24.3 Å². The number of halogens is 3. The summed E-state index contributed by atoms with van der Waals surface area (Å²) >= 11 is 0. The van der Waals surface area contributed by atoms with Gasteiger partial charge in [-0.2, -0.15) is 13.2 Å². The van der Waals surface area contributed by atoms with E-state index >= 15 is 0 Å². The van der Waals surface area contributed by atoms with E-state index in [-0.39, 0.29) is 6.54 Å². The molecule has 0 radical (unpaired) electrons. The van der Waals surface area contributed by atoms with Gasteiger partial charge < -0.3 is 10.2 Å². The second kappa shape index (κ2) is 6.26. The highest BCUT2D eigenvalue weighted by Gasteiger charge is 2.35. The van der Waals surface area contributed by atoms with Crippen molar-refractivity contribution in [3.63, 3.8) is 0 Å². The third kappa shape index (κ3) is 3.34. The Labute approximate surface area is 124 Å². The van der Waals surface area contributed by atoms with Gasteiger partial charge in [-0.05, 0) is 50.9 Å². The molecule has 1 heterocycles. The summed E-state index contributed by atoms with van der Waals surface area (Å²) < 4.78 is 39.8. The maximum absolute atomic E-state index is 13.3. The SMILES string of the molecule is CCC1CCC(C)N1c1ccc(CNC)c(C(F)(F)F)c1. The van der Waals surface area contributed by atoms with Gasteiger partial charge in [-0.1, -0.05) is 13.0 Å². The van der Waals surface area contributed by atoms with Crippen LogP contribution >= 0.6 is 0 Å². The molecule has 1 aliphatic heterocycles. The first-order chi connectivity index (χ1) is 9.88. The molecule has 118 valence electrons. The van der Waals surface area contributed by atoms with Crippen molar-refractivity contribution in [2.75, 3.05) is 11.9 Å². The van der Waals surface area contributed by atoms with Crippen molar-refractivity contribution in [2.45, 2.75) is 57.9 Å². The predicted octanol–water partition coefficient (Wildman–Crippen LogP) is 4.19. The molecule has 1 aliphatic rings. The molecule has 1 aromatic rings. The van der Waals surface area contributed by atoms with Gasteiger partial charge in [0.25, 0.3) is 0 Å². The monoisotopic (exact) mass is 300 g/mol. The zero-order valence-electron chi connectivity index (χ0n) is 12.8. The molecule has 1 aromatic carbocycles. The van der Waals surface area contributed by atoms with E-state index in [9.17, 15) is 13.2 Å². The molecule has 5 heteroatoms. The van der Waals surface area contributed by atoms with Crippen molar-refractivity contribution in [2.24, 2.45) is 0 Å². The first-order valence-corrected chi connectivity index (χ1v) is 7.51. The van der Waals surface area contributed by atoms with E-state index in [0.29, 0.717) is 23.3 Å². The van der Waals surface area contributed by atoms with Crippen LogP contribution in [0.15, 0.2) is 18.2 Å². The van der Waals surface area contributed by atoms with Crippen LogP contribution in [0, 0.1) is 0 Å². The lowest BCUT2D eigenvalue weighted by molar-refractivity contribution is -0.138. The lowest BCUT2D eigenvalue weighted by Crippen LogP contribution is -2.34. The molecule has 0 saturated carbocycles. The number of rotatable bonds is 4. The van der Waals surface area contributed by atoms with Crippen molar-refractivity contribution < 1.29 is 13.2 Å². The lowest BCUT2D eigenvalue weighted by Gasteiger charge is -2.31. The first-order valence-electron chi connectivity index (χ1n) is 7.51. The summed E-state index contributed by atoms with van der Waals surface area (Å²) in [5.74, 6) is 0. The van der Waals surface area contributed by atoms with Crippen LogP contribution in [0.5, 0.6) is 0 Å². The topological polar surface area (TPSA) is 15.3 Å². The number of nitrogens with zero attached hydrogens (tertiary/aromatic N) is 1. The Morgan fingerprint density at radius 1 is 1.29 bits per heavy atom. The summed E-state index contributed by atoms with van der Waals surface area (Å²) in [7, 11) is 1.66. The van der Waals surface area contributed by atoms with E-state index < -0.39 is 11.7 Å². The van der Waals surface area contributed by atoms with Gasteiger partial charge in [0.2, 0.25) is 0 Å². The van der Waals surface area contributed by atoms with Gasteiger partial charge in [0.15, 0.2) is 0 Å². The van der Waals surface area contributed by atoms with Crippen molar-refractivity contribution in [3.05, 3.63) is 29.3 Å². The average molecular weight is 300 g/mol. The molecule has 0 aliphatic carbocycles. The van der Waals surface area contributed by atoms with E-state index in [2.05, 4.69) is 24.1 Å². The van der Waals surface area contributed by atoms with Crippen molar-refractivity contribution in [1.29, 1.82) is 0 Å². The maximum atomic E-state index is 13.3. The van der Waals surface area contributed by atoms with Gasteiger partial charge in [-0.3, -0.25) is 0 Å². The van der Waals surface area contributed by atoms with Crippen LogP contribution in [0.4, 0.5) is 18.9 Å². The van der Waals surface area contributed by atoms with Crippen LogP contribution in [-0.2, 0) is 12.7 Å². The standard InChI is InChI=1S/C16H23F3N2/c1-4-13-7-5-11(2)21(13)14-8-6-12(10-20-3)15(9-14)16(17,18)19/h6,8-9,11,13,20H,4-5,7,10H2,1-3H3. The summed E-state index contributed by atoms with van der Waals surface area (Å²) in [5.41, 5.74) is 0.468. The Hall–Kier alpha value is -1.23.